The van der Waals surface area contributed by atoms with Crippen molar-refractivity contribution in [3.63, 3.8) is 0 Å². The Kier molecular flexibility index (Phi) is 9.08. The number of rotatable bonds is 7. The van der Waals surface area contributed by atoms with Gasteiger partial charge in [0.1, 0.15) is 11.3 Å². The maximum absolute atomic E-state index is 11.9. The number of para-hydroxylation sites is 1. The average Bonchev–Trinajstić information content (AvgIpc) is 3.29. The number of carbonyl (C=O) groups is 1. The Morgan fingerprint density at radius 1 is 1.14 bits per heavy atom. The molecule has 0 radical (unpaired) electrons. The Labute approximate surface area is 183 Å². The van der Waals surface area contributed by atoms with Gasteiger partial charge in [-0.3, -0.25) is 9.79 Å². The molecule has 1 aliphatic rings. The minimum atomic E-state index is 0. The highest BCUT2D eigenvalue weighted by molar-refractivity contribution is 14.0. The van der Waals surface area contributed by atoms with Crippen LogP contribution in [0, 0.1) is 12.8 Å². The average molecular weight is 498 g/mol. The van der Waals surface area contributed by atoms with E-state index in [9.17, 15) is 4.79 Å². The number of nitrogens with one attached hydrogen (secondary N) is 3. The van der Waals surface area contributed by atoms with Crippen LogP contribution in [0.4, 0.5) is 0 Å². The van der Waals surface area contributed by atoms with E-state index < -0.39 is 0 Å². The van der Waals surface area contributed by atoms with Gasteiger partial charge in [-0.1, -0.05) is 31.0 Å². The monoisotopic (exact) mass is 498 g/mol. The number of aliphatic imine (C=N–C) groups is 1. The molecular weight excluding hydrogens is 467 g/mol. The molecule has 0 unspecified atom stereocenters. The van der Waals surface area contributed by atoms with Crippen LogP contribution in [0.3, 0.4) is 0 Å². The number of carbonyl (C=O) groups excluding carboxylic acids is 1. The molecule has 0 spiro atoms. The number of halogens is 1. The van der Waals surface area contributed by atoms with E-state index in [2.05, 4.69) is 33.9 Å². The standard InChI is InChI=1S/C21H30N4O2.HI/c1-15-17-9-5-6-10-18(17)27-19(15)14-25-21(22-2)24-12-11-23-20(26)13-16-7-3-4-8-16;/h5-6,9-10,16H,3-4,7-8,11-14H2,1-2H3,(H,23,26)(H2,22,24,25);1H. The molecule has 154 valence electrons. The van der Waals surface area contributed by atoms with Crippen LogP contribution in [-0.2, 0) is 11.3 Å². The van der Waals surface area contributed by atoms with Crippen molar-refractivity contribution in [1.82, 2.24) is 16.0 Å². The van der Waals surface area contributed by atoms with Crippen LogP contribution in [0.2, 0.25) is 0 Å². The third kappa shape index (κ3) is 6.12. The molecule has 1 amide bonds. The first-order valence-electron chi connectivity index (χ1n) is 9.85. The molecule has 1 heterocycles. The van der Waals surface area contributed by atoms with Crippen LogP contribution in [0.1, 0.15) is 43.4 Å². The zero-order chi connectivity index (χ0) is 19.1. The number of benzene rings is 1. The minimum Gasteiger partial charge on any atom is -0.459 e. The van der Waals surface area contributed by atoms with Crippen molar-refractivity contribution in [1.29, 1.82) is 0 Å². The van der Waals surface area contributed by atoms with Gasteiger partial charge in [0.2, 0.25) is 5.91 Å². The third-order valence-electron chi connectivity index (χ3n) is 5.27. The fourth-order valence-electron chi connectivity index (χ4n) is 3.71. The van der Waals surface area contributed by atoms with Gasteiger partial charge in [-0.05, 0) is 31.7 Å². The van der Waals surface area contributed by atoms with Gasteiger partial charge in [-0.25, -0.2) is 0 Å². The first-order valence-corrected chi connectivity index (χ1v) is 9.85. The van der Waals surface area contributed by atoms with Crippen molar-refractivity contribution >= 4 is 46.8 Å². The maximum Gasteiger partial charge on any atom is 0.220 e. The number of hydrogen-bond acceptors (Lipinski definition) is 3. The molecule has 0 bridgehead atoms. The molecule has 1 aromatic heterocycles. The molecule has 0 atom stereocenters. The van der Waals surface area contributed by atoms with Crippen molar-refractivity contribution in [2.75, 3.05) is 20.1 Å². The number of amides is 1. The Balaban J connectivity index is 0.00000280. The predicted molar refractivity (Wildman–Crippen MR) is 124 cm³/mol. The first kappa shape index (κ1) is 22.5. The summed E-state index contributed by atoms with van der Waals surface area (Å²) in [7, 11) is 1.74. The second-order valence-electron chi connectivity index (χ2n) is 7.20. The molecule has 0 aliphatic heterocycles. The van der Waals surface area contributed by atoms with E-state index in [1.54, 1.807) is 7.05 Å². The van der Waals surface area contributed by atoms with E-state index in [0.29, 0.717) is 37.9 Å². The molecule has 3 N–H and O–H groups in total. The van der Waals surface area contributed by atoms with Crippen LogP contribution in [-0.4, -0.2) is 32.0 Å². The fraction of sp³-hybridized carbons (Fsp3) is 0.524. The summed E-state index contributed by atoms with van der Waals surface area (Å²) in [6, 6.07) is 8.04. The zero-order valence-electron chi connectivity index (χ0n) is 16.7. The highest BCUT2D eigenvalue weighted by Crippen LogP contribution is 2.27. The van der Waals surface area contributed by atoms with Crippen LogP contribution < -0.4 is 16.0 Å². The second kappa shape index (κ2) is 11.3. The molecule has 7 heteroatoms. The SMILES string of the molecule is CN=C(NCCNC(=O)CC1CCCC1)NCc1oc2ccccc2c1C.I. The summed E-state index contributed by atoms with van der Waals surface area (Å²) in [6.45, 7) is 3.86. The van der Waals surface area contributed by atoms with Gasteiger partial charge in [0.25, 0.3) is 0 Å². The lowest BCUT2D eigenvalue weighted by Crippen LogP contribution is -2.41. The fourth-order valence-corrected chi connectivity index (χ4v) is 3.71. The molecule has 1 fully saturated rings. The molecule has 1 aromatic carbocycles. The van der Waals surface area contributed by atoms with Crippen LogP contribution >= 0.6 is 24.0 Å². The van der Waals surface area contributed by atoms with E-state index >= 15 is 0 Å². The molecule has 1 saturated carbocycles. The lowest BCUT2D eigenvalue weighted by molar-refractivity contribution is -0.121. The van der Waals surface area contributed by atoms with Gasteiger partial charge < -0.3 is 20.4 Å². The van der Waals surface area contributed by atoms with Gasteiger partial charge in [-0.15, -0.1) is 24.0 Å². The summed E-state index contributed by atoms with van der Waals surface area (Å²) in [5.41, 5.74) is 2.05. The quantitative estimate of drug-likeness (QED) is 0.235. The number of aryl methyl sites for hydroxylation is 1. The number of furan rings is 1. The zero-order valence-corrected chi connectivity index (χ0v) is 19.0. The van der Waals surface area contributed by atoms with Crippen molar-refractivity contribution in [3.8, 4) is 0 Å². The van der Waals surface area contributed by atoms with Crippen molar-refractivity contribution < 1.29 is 9.21 Å². The molecule has 2 aromatic rings. The Morgan fingerprint density at radius 2 is 1.86 bits per heavy atom. The van der Waals surface area contributed by atoms with E-state index in [-0.39, 0.29) is 29.9 Å². The summed E-state index contributed by atoms with van der Waals surface area (Å²) in [5.74, 6) is 2.34. The summed E-state index contributed by atoms with van der Waals surface area (Å²) in [6.07, 6.45) is 5.60. The minimum absolute atomic E-state index is 0. The van der Waals surface area contributed by atoms with E-state index in [0.717, 1.165) is 22.3 Å². The maximum atomic E-state index is 11.9. The molecule has 3 rings (SSSR count). The number of nitrogens with zero attached hydrogens (tertiary/aromatic N) is 1. The first-order chi connectivity index (χ1) is 13.2. The number of fused-ring (bicyclic) bond motifs is 1. The lowest BCUT2D eigenvalue weighted by atomic mass is 10.0. The number of hydrogen-bond donors (Lipinski definition) is 3. The van der Waals surface area contributed by atoms with Crippen molar-refractivity contribution in [2.24, 2.45) is 10.9 Å². The summed E-state index contributed by atoms with van der Waals surface area (Å²) in [4.78, 5) is 16.2. The van der Waals surface area contributed by atoms with Gasteiger partial charge >= 0.3 is 0 Å². The number of guanidine groups is 1. The van der Waals surface area contributed by atoms with Gasteiger partial charge in [-0.2, -0.15) is 0 Å². The largest absolute Gasteiger partial charge is 0.459 e. The van der Waals surface area contributed by atoms with Gasteiger partial charge in [0.05, 0.1) is 6.54 Å². The Bertz CT molecular complexity index is 797. The highest BCUT2D eigenvalue weighted by atomic mass is 127. The summed E-state index contributed by atoms with van der Waals surface area (Å²) < 4.78 is 5.91. The second-order valence-corrected chi connectivity index (χ2v) is 7.20. The van der Waals surface area contributed by atoms with Crippen LogP contribution in [0.5, 0.6) is 0 Å². The molecule has 6 nitrogen and oxygen atoms in total. The summed E-state index contributed by atoms with van der Waals surface area (Å²) >= 11 is 0. The highest BCUT2D eigenvalue weighted by Gasteiger charge is 2.18. The Hall–Kier alpha value is -1.77. The van der Waals surface area contributed by atoms with E-state index in [1.807, 2.05) is 18.2 Å². The third-order valence-corrected chi connectivity index (χ3v) is 5.27. The molecule has 0 saturated heterocycles. The smallest absolute Gasteiger partial charge is 0.220 e. The Morgan fingerprint density at radius 3 is 2.57 bits per heavy atom. The van der Waals surface area contributed by atoms with Crippen LogP contribution in [0.15, 0.2) is 33.7 Å². The van der Waals surface area contributed by atoms with E-state index in [1.165, 1.54) is 25.7 Å². The van der Waals surface area contributed by atoms with Crippen molar-refractivity contribution in [3.05, 3.63) is 35.6 Å². The molecule has 28 heavy (non-hydrogen) atoms. The predicted octanol–water partition coefficient (Wildman–Crippen LogP) is 3.72. The van der Waals surface area contributed by atoms with Gasteiger partial charge in [0, 0.05) is 37.5 Å². The van der Waals surface area contributed by atoms with Crippen molar-refractivity contribution in [2.45, 2.75) is 45.6 Å². The topological polar surface area (TPSA) is 78.7 Å². The molecule has 1 aliphatic carbocycles. The van der Waals surface area contributed by atoms with Gasteiger partial charge in [0.15, 0.2) is 5.96 Å². The summed E-state index contributed by atoms with van der Waals surface area (Å²) in [5, 5.41) is 10.6. The van der Waals surface area contributed by atoms with E-state index in [4.69, 9.17) is 4.42 Å². The normalized spacial score (nSPS) is 14.7. The lowest BCUT2D eigenvalue weighted by Gasteiger charge is -2.13. The van der Waals surface area contributed by atoms with Crippen LogP contribution in [0.25, 0.3) is 11.0 Å². The molecular formula is C21H31IN4O2.